The molecule has 0 heterocycles. The fraction of sp³-hybridized carbons (Fsp3) is 0.833. The maximum absolute atomic E-state index is 10.8. The zero-order valence-corrected chi connectivity index (χ0v) is 8.82. The first kappa shape index (κ1) is 12.7. The number of rotatable bonds is 6. The molecule has 0 saturated heterocycles. The van der Waals surface area contributed by atoms with Crippen LogP contribution in [0.25, 0.3) is 0 Å². The van der Waals surface area contributed by atoms with Crippen LogP contribution in [0.4, 0.5) is 0 Å². The van der Waals surface area contributed by atoms with Gasteiger partial charge in [-0.15, -0.1) is 11.6 Å². The van der Waals surface area contributed by atoms with Crippen LogP contribution >= 0.6 is 11.6 Å². The average Bonchev–Trinajstić information content (AvgIpc) is 2.12. The van der Waals surface area contributed by atoms with Crippen molar-refractivity contribution >= 4 is 27.6 Å². The molecule has 0 rings (SSSR count). The number of alkyl halides is 1. The van der Waals surface area contributed by atoms with Gasteiger partial charge < -0.3 is 4.74 Å². The van der Waals surface area contributed by atoms with Crippen LogP contribution < -0.4 is 4.72 Å². The standard InChI is InChI=1S/C6H12ClNO4S/c1-12-6(9)3-2-4-8-13(10,11)5-7/h8H,2-5H2,1H3. The topological polar surface area (TPSA) is 72.5 Å². The van der Waals surface area contributed by atoms with Gasteiger partial charge in [0.15, 0.2) is 0 Å². The smallest absolute Gasteiger partial charge is 0.305 e. The molecular formula is C6H12ClNO4S. The lowest BCUT2D eigenvalue weighted by Crippen LogP contribution is -2.25. The first-order chi connectivity index (χ1) is 6.02. The molecule has 13 heavy (non-hydrogen) atoms. The van der Waals surface area contributed by atoms with Gasteiger partial charge in [0.2, 0.25) is 10.0 Å². The van der Waals surface area contributed by atoms with Crippen molar-refractivity contribution in [3.05, 3.63) is 0 Å². The molecule has 7 heteroatoms. The number of ether oxygens (including phenoxy) is 1. The first-order valence-electron chi connectivity index (χ1n) is 3.62. The number of esters is 1. The Hall–Kier alpha value is -0.330. The van der Waals surface area contributed by atoms with Crippen molar-refractivity contribution in [1.82, 2.24) is 4.72 Å². The van der Waals surface area contributed by atoms with E-state index in [0.717, 1.165) is 0 Å². The van der Waals surface area contributed by atoms with E-state index in [9.17, 15) is 13.2 Å². The van der Waals surface area contributed by atoms with Crippen LogP contribution in [0, 0.1) is 0 Å². The molecule has 0 unspecified atom stereocenters. The van der Waals surface area contributed by atoms with Crippen molar-refractivity contribution < 1.29 is 17.9 Å². The summed E-state index contributed by atoms with van der Waals surface area (Å²) in [7, 11) is -2.08. The Labute approximate surface area is 82.5 Å². The Morgan fingerprint density at radius 1 is 1.54 bits per heavy atom. The van der Waals surface area contributed by atoms with Crippen molar-refractivity contribution in [3.8, 4) is 0 Å². The van der Waals surface area contributed by atoms with E-state index in [1.165, 1.54) is 7.11 Å². The fourth-order valence-electron chi connectivity index (χ4n) is 0.601. The van der Waals surface area contributed by atoms with Crippen molar-refractivity contribution in [2.45, 2.75) is 12.8 Å². The second-order valence-electron chi connectivity index (χ2n) is 2.30. The summed E-state index contributed by atoms with van der Waals surface area (Å²) in [6, 6.07) is 0. The van der Waals surface area contributed by atoms with Crippen molar-refractivity contribution in [3.63, 3.8) is 0 Å². The maximum atomic E-state index is 10.8. The number of nitrogens with one attached hydrogen (secondary N) is 1. The monoisotopic (exact) mass is 229 g/mol. The molecule has 0 aliphatic heterocycles. The highest BCUT2D eigenvalue weighted by Gasteiger charge is 2.07. The molecule has 0 aliphatic rings. The second-order valence-corrected chi connectivity index (χ2v) is 4.69. The van der Waals surface area contributed by atoms with Gasteiger partial charge in [-0.3, -0.25) is 4.79 Å². The number of sulfonamides is 1. The van der Waals surface area contributed by atoms with E-state index in [-0.39, 0.29) is 18.9 Å². The van der Waals surface area contributed by atoms with Crippen LogP contribution in [0.15, 0.2) is 0 Å². The Morgan fingerprint density at radius 3 is 2.62 bits per heavy atom. The third kappa shape index (κ3) is 6.80. The number of carbonyl (C=O) groups is 1. The molecule has 0 aromatic carbocycles. The summed E-state index contributed by atoms with van der Waals surface area (Å²) >= 11 is 5.12. The largest absolute Gasteiger partial charge is 0.469 e. The predicted molar refractivity (Wildman–Crippen MR) is 48.9 cm³/mol. The van der Waals surface area contributed by atoms with E-state index in [0.29, 0.717) is 6.42 Å². The van der Waals surface area contributed by atoms with E-state index in [1.807, 2.05) is 0 Å². The van der Waals surface area contributed by atoms with E-state index in [4.69, 9.17) is 11.6 Å². The highest BCUT2D eigenvalue weighted by molar-refractivity contribution is 7.90. The number of halogens is 1. The van der Waals surface area contributed by atoms with Crippen LogP contribution in [0.1, 0.15) is 12.8 Å². The van der Waals surface area contributed by atoms with Crippen LogP contribution in [0.3, 0.4) is 0 Å². The summed E-state index contributed by atoms with van der Waals surface area (Å²) in [4.78, 5) is 10.6. The summed E-state index contributed by atoms with van der Waals surface area (Å²) in [6.07, 6.45) is 0.601. The molecule has 0 aliphatic carbocycles. The highest BCUT2D eigenvalue weighted by atomic mass is 35.5. The lowest BCUT2D eigenvalue weighted by Gasteiger charge is -2.02. The molecular weight excluding hydrogens is 218 g/mol. The molecule has 0 fully saturated rings. The molecule has 0 aromatic rings. The molecule has 0 bridgehead atoms. The number of carbonyl (C=O) groups excluding carboxylic acids is 1. The second kappa shape index (κ2) is 6.17. The van der Waals surface area contributed by atoms with E-state index < -0.39 is 15.2 Å². The number of hydrogen-bond donors (Lipinski definition) is 1. The quantitative estimate of drug-likeness (QED) is 0.397. The Bertz CT molecular complexity index is 251. The van der Waals surface area contributed by atoms with Crippen LogP contribution in [-0.4, -0.2) is 33.3 Å². The third-order valence-electron chi connectivity index (χ3n) is 1.25. The van der Waals surface area contributed by atoms with Gasteiger partial charge in [0.1, 0.15) is 5.21 Å². The van der Waals surface area contributed by atoms with Crippen molar-refractivity contribution in [1.29, 1.82) is 0 Å². The van der Waals surface area contributed by atoms with Gasteiger partial charge in [0, 0.05) is 13.0 Å². The zero-order valence-electron chi connectivity index (χ0n) is 7.25. The molecule has 0 radical (unpaired) electrons. The van der Waals surface area contributed by atoms with Crippen molar-refractivity contribution in [2.24, 2.45) is 0 Å². The highest BCUT2D eigenvalue weighted by Crippen LogP contribution is 1.92. The Balaban J connectivity index is 3.52. The Morgan fingerprint density at radius 2 is 2.15 bits per heavy atom. The fourth-order valence-corrected chi connectivity index (χ4v) is 1.36. The zero-order chi connectivity index (χ0) is 10.3. The molecule has 78 valence electrons. The van der Waals surface area contributed by atoms with Crippen LogP contribution in [0.2, 0.25) is 0 Å². The number of methoxy groups -OCH3 is 1. The Kier molecular flexibility index (Phi) is 6.02. The van der Waals surface area contributed by atoms with Gasteiger partial charge in [-0.25, -0.2) is 13.1 Å². The number of hydrogen-bond acceptors (Lipinski definition) is 4. The summed E-state index contributed by atoms with van der Waals surface area (Å²) in [6.45, 7) is 0.199. The molecule has 5 nitrogen and oxygen atoms in total. The lowest BCUT2D eigenvalue weighted by atomic mass is 10.3. The van der Waals surface area contributed by atoms with Crippen LogP contribution in [0.5, 0.6) is 0 Å². The van der Waals surface area contributed by atoms with Gasteiger partial charge in [-0.1, -0.05) is 0 Å². The minimum absolute atomic E-state index is 0.196. The summed E-state index contributed by atoms with van der Waals surface area (Å²) < 4.78 is 28.1. The summed E-state index contributed by atoms with van der Waals surface area (Å²) in [5.74, 6) is -0.356. The molecule has 1 N–H and O–H groups in total. The summed E-state index contributed by atoms with van der Waals surface area (Å²) in [5, 5.41) is -0.467. The van der Waals surface area contributed by atoms with Gasteiger partial charge in [0.05, 0.1) is 7.11 Å². The minimum Gasteiger partial charge on any atom is -0.469 e. The average molecular weight is 230 g/mol. The van der Waals surface area contributed by atoms with E-state index >= 15 is 0 Å². The van der Waals surface area contributed by atoms with Gasteiger partial charge in [-0.2, -0.15) is 0 Å². The van der Waals surface area contributed by atoms with Crippen molar-refractivity contribution in [2.75, 3.05) is 18.9 Å². The van der Waals surface area contributed by atoms with Gasteiger partial charge in [0.25, 0.3) is 0 Å². The SMILES string of the molecule is COC(=O)CCCNS(=O)(=O)CCl. The molecule has 0 atom stereocenters. The summed E-state index contributed by atoms with van der Waals surface area (Å²) in [5.41, 5.74) is 0. The molecule has 0 aromatic heterocycles. The van der Waals surface area contributed by atoms with E-state index in [1.54, 1.807) is 0 Å². The maximum Gasteiger partial charge on any atom is 0.305 e. The third-order valence-corrected chi connectivity index (χ3v) is 3.04. The predicted octanol–water partition coefficient (Wildman–Crippen LogP) is 0.0553. The molecule has 0 spiro atoms. The lowest BCUT2D eigenvalue weighted by molar-refractivity contribution is -0.140. The normalized spacial score (nSPS) is 11.2. The van der Waals surface area contributed by atoms with Gasteiger partial charge >= 0.3 is 5.97 Å². The molecule has 0 amide bonds. The minimum atomic E-state index is -3.36. The van der Waals surface area contributed by atoms with E-state index in [2.05, 4.69) is 9.46 Å². The van der Waals surface area contributed by atoms with Gasteiger partial charge in [-0.05, 0) is 6.42 Å². The molecule has 0 saturated carbocycles. The van der Waals surface area contributed by atoms with Crippen LogP contribution in [-0.2, 0) is 19.6 Å². The first-order valence-corrected chi connectivity index (χ1v) is 5.80.